The van der Waals surface area contributed by atoms with Gasteiger partial charge in [-0.2, -0.15) is 5.26 Å². The molecule has 52 valence electrons. The van der Waals surface area contributed by atoms with E-state index in [1.165, 1.54) is 6.07 Å². The summed E-state index contributed by atoms with van der Waals surface area (Å²) < 4.78 is 9.51. The first kappa shape index (κ1) is 6.62. The highest BCUT2D eigenvalue weighted by atomic mass is 16.6. The summed E-state index contributed by atoms with van der Waals surface area (Å²) in [5, 5.41) is 11.7. The molecule has 0 saturated carbocycles. The Labute approximate surface area is 58.0 Å². The second-order valence-corrected chi connectivity index (χ2v) is 1.58. The first-order valence-corrected chi connectivity index (χ1v) is 2.86. The highest BCUT2D eigenvalue weighted by molar-refractivity contribution is 5.22. The lowest BCUT2D eigenvalue weighted by Crippen LogP contribution is -1.87. The molecule has 1 aromatic heterocycles. The van der Waals surface area contributed by atoms with Gasteiger partial charge in [0.15, 0.2) is 5.69 Å². The van der Waals surface area contributed by atoms with E-state index in [0.29, 0.717) is 12.6 Å². The third-order valence-electron chi connectivity index (χ3n) is 0.890. The average molecular weight is 138 g/mol. The van der Waals surface area contributed by atoms with E-state index in [2.05, 4.69) is 9.68 Å². The lowest BCUT2D eigenvalue weighted by atomic mass is 10.5. The van der Waals surface area contributed by atoms with E-state index in [1.54, 1.807) is 0 Å². The molecule has 4 nitrogen and oxygen atoms in total. The zero-order valence-corrected chi connectivity index (χ0v) is 5.50. The van der Waals surface area contributed by atoms with Gasteiger partial charge in [-0.05, 0) is 6.92 Å². The smallest absolute Gasteiger partial charge is 0.312 e. The van der Waals surface area contributed by atoms with E-state index in [1.807, 2.05) is 13.0 Å². The number of nitriles is 1. The molecule has 0 amide bonds. The first-order valence-electron chi connectivity index (χ1n) is 2.86. The lowest BCUT2D eigenvalue weighted by molar-refractivity contribution is 0.225. The van der Waals surface area contributed by atoms with Gasteiger partial charge in [0.25, 0.3) is 0 Å². The first-order chi connectivity index (χ1) is 4.86. The molecule has 0 fully saturated rings. The van der Waals surface area contributed by atoms with Crippen LogP contribution in [0.15, 0.2) is 10.6 Å². The van der Waals surface area contributed by atoms with Crippen molar-refractivity contribution in [1.82, 2.24) is 5.16 Å². The molecule has 0 N–H and O–H groups in total. The van der Waals surface area contributed by atoms with Crippen LogP contribution < -0.4 is 4.74 Å². The highest BCUT2D eigenvalue weighted by Crippen LogP contribution is 2.10. The second-order valence-electron chi connectivity index (χ2n) is 1.58. The maximum atomic E-state index is 8.29. The van der Waals surface area contributed by atoms with E-state index in [-0.39, 0.29) is 5.69 Å². The van der Waals surface area contributed by atoms with Gasteiger partial charge >= 0.3 is 5.95 Å². The van der Waals surface area contributed by atoms with Gasteiger partial charge in [0.2, 0.25) is 0 Å². The maximum absolute atomic E-state index is 8.29. The van der Waals surface area contributed by atoms with Crippen LogP contribution in [0.25, 0.3) is 0 Å². The van der Waals surface area contributed by atoms with Crippen LogP contribution in [0.2, 0.25) is 0 Å². The fourth-order valence-electron chi connectivity index (χ4n) is 0.521. The van der Waals surface area contributed by atoms with Crippen LogP contribution in [0.5, 0.6) is 5.95 Å². The largest absolute Gasteiger partial charge is 0.464 e. The van der Waals surface area contributed by atoms with E-state index in [4.69, 9.17) is 10.00 Å². The van der Waals surface area contributed by atoms with Crippen molar-refractivity contribution >= 4 is 0 Å². The Balaban J connectivity index is 2.71. The van der Waals surface area contributed by atoms with Crippen LogP contribution in [0.1, 0.15) is 12.6 Å². The number of ether oxygens (including phenoxy) is 1. The van der Waals surface area contributed by atoms with Crippen molar-refractivity contribution in [3.63, 3.8) is 0 Å². The molecular weight excluding hydrogens is 132 g/mol. The topological polar surface area (TPSA) is 59.0 Å². The Morgan fingerprint density at radius 3 is 3.20 bits per heavy atom. The van der Waals surface area contributed by atoms with Crippen molar-refractivity contribution in [1.29, 1.82) is 5.26 Å². The molecule has 0 aromatic carbocycles. The number of hydrogen-bond acceptors (Lipinski definition) is 4. The van der Waals surface area contributed by atoms with Crippen LogP contribution in [-0.4, -0.2) is 11.8 Å². The van der Waals surface area contributed by atoms with Crippen molar-refractivity contribution in [2.75, 3.05) is 6.61 Å². The van der Waals surface area contributed by atoms with E-state index >= 15 is 0 Å². The minimum atomic E-state index is 0.239. The molecule has 1 aromatic rings. The van der Waals surface area contributed by atoms with Crippen LogP contribution >= 0.6 is 0 Å². The van der Waals surface area contributed by atoms with Crippen molar-refractivity contribution in [2.45, 2.75) is 6.92 Å². The quantitative estimate of drug-likeness (QED) is 0.610. The van der Waals surface area contributed by atoms with Gasteiger partial charge in [-0.15, -0.1) is 0 Å². The second kappa shape index (κ2) is 2.87. The van der Waals surface area contributed by atoms with Crippen LogP contribution in [0, 0.1) is 11.3 Å². The molecular formula is C6H6N2O2. The fourth-order valence-corrected chi connectivity index (χ4v) is 0.521. The third-order valence-corrected chi connectivity index (χ3v) is 0.890. The van der Waals surface area contributed by atoms with Crippen molar-refractivity contribution in [3.8, 4) is 12.0 Å². The Hall–Kier alpha value is -1.50. The van der Waals surface area contributed by atoms with Crippen LogP contribution in [-0.2, 0) is 0 Å². The minimum absolute atomic E-state index is 0.239. The normalized spacial score (nSPS) is 8.80. The van der Waals surface area contributed by atoms with Crippen molar-refractivity contribution < 1.29 is 9.26 Å². The van der Waals surface area contributed by atoms with Gasteiger partial charge in [-0.1, -0.05) is 5.16 Å². The molecule has 0 aliphatic heterocycles. The zero-order valence-electron chi connectivity index (χ0n) is 5.50. The van der Waals surface area contributed by atoms with Gasteiger partial charge in [0, 0.05) is 0 Å². The van der Waals surface area contributed by atoms with Crippen LogP contribution in [0.3, 0.4) is 0 Å². The molecule has 10 heavy (non-hydrogen) atoms. The highest BCUT2D eigenvalue weighted by Gasteiger charge is 2.00. The predicted octanol–water partition coefficient (Wildman–Crippen LogP) is 0.945. The van der Waals surface area contributed by atoms with E-state index < -0.39 is 0 Å². The summed E-state index contributed by atoms with van der Waals surface area (Å²) in [7, 11) is 0. The Morgan fingerprint density at radius 1 is 1.90 bits per heavy atom. The summed E-state index contributed by atoms with van der Waals surface area (Å²) in [6.45, 7) is 2.34. The summed E-state index contributed by atoms with van der Waals surface area (Å²) in [4.78, 5) is 0. The summed E-state index contributed by atoms with van der Waals surface area (Å²) in [6.07, 6.45) is 0. The van der Waals surface area contributed by atoms with Crippen LogP contribution in [0.4, 0.5) is 0 Å². The maximum Gasteiger partial charge on any atom is 0.312 e. The molecule has 0 radical (unpaired) electrons. The SMILES string of the molecule is CCOc1cc(C#N)no1. The Kier molecular flexibility index (Phi) is 1.90. The number of rotatable bonds is 2. The van der Waals surface area contributed by atoms with Gasteiger partial charge in [-0.3, -0.25) is 0 Å². The molecule has 4 heteroatoms. The fraction of sp³-hybridized carbons (Fsp3) is 0.333. The lowest BCUT2D eigenvalue weighted by Gasteiger charge is -1.90. The van der Waals surface area contributed by atoms with Crippen molar-refractivity contribution in [2.24, 2.45) is 0 Å². The average Bonchev–Trinajstić information content (AvgIpc) is 2.37. The molecule has 1 heterocycles. The third kappa shape index (κ3) is 1.26. The number of nitrogens with zero attached hydrogens (tertiary/aromatic N) is 2. The van der Waals surface area contributed by atoms with Gasteiger partial charge in [0.1, 0.15) is 6.07 Å². The molecule has 0 spiro atoms. The van der Waals surface area contributed by atoms with E-state index in [0.717, 1.165) is 0 Å². The summed E-state index contributed by atoms with van der Waals surface area (Å²) >= 11 is 0. The molecule has 0 unspecified atom stereocenters. The van der Waals surface area contributed by atoms with Gasteiger partial charge in [-0.25, -0.2) is 0 Å². The monoisotopic (exact) mass is 138 g/mol. The van der Waals surface area contributed by atoms with Crippen molar-refractivity contribution in [3.05, 3.63) is 11.8 Å². The minimum Gasteiger partial charge on any atom is -0.464 e. The summed E-state index contributed by atoms with van der Waals surface area (Å²) in [5.41, 5.74) is 0.239. The van der Waals surface area contributed by atoms with Gasteiger partial charge < -0.3 is 9.26 Å². The zero-order chi connectivity index (χ0) is 7.40. The summed E-state index contributed by atoms with van der Waals surface area (Å²) in [5.74, 6) is 0.291. The molecule has 0 atom stereocenters. The Bertz CT molecular complexity index is 248. The molecule has 0 aliphatic carbocycles. The predicted molar refractivity (Wildman–Crippen MR) is 32.4 cm³/mol. The molecule has 0 bridgehead atoms. The Morgan fingerprint density at radius 2 is 2.70 bits per heavy atom. The van der Waals surface area contributed by atoms with E-state index in [9.17, 15) is 0 Å². The molecule has 0 saturated heterocycles. The molecule has 1 rings (SSSR count). The number of hydrogen-bond donors (Lipinski definition) is 0. The standard InChI is InChI=1S/C6H6N2O2/c1-2-9-6-3-5(4-7)8-10-6/h3H,2H2,1H3. The van der Waals surface area contributed by atoms with Gasteiger partial charge in [0.05, 0.1) is 12.7 Å². The summed E-state index contributed by atoms with van der Waals surface area (Å²) in [6, 6.07) is 3.27. The molecule has 0 aliphatic rings. The number of aromatic nitrogens is 1.